The van der Waals surface area contributed by atoms with Gasteiger partial charge in [-0.1, -0.05) is 46.4 Å². The van der Waals surface area contributed by atoms with Crippen LogP contribution in [0.5, 0.6) is 0 Å². The van der Waals surface area contributed by atoms with Gasteiger partial charge in [0.1, 0.15) is 5.15 Å². The molecule has 11 heavy (non-hydrogen) atoms. The largest absolute Gasteiger partial charge is 0.327 e. The van der Waals surface area contributed by atoms with Gasteiger partial charge in [-0.2, -0.15) is 4.39 Å². The topological polar surface area (TPSA) is 28.7 Å². The van der Waals surface area contributed by atoms with Crippen LogP contribution in [-0.4, -0.2) is 9.97 Å². The summed E-state index contributed by atoms with van der Waals surface area (Å²) in [7, 11) is 0. The number of halogens is 5. The summed E-state index contributed by atoms with van der Waals surface area (Å²) in [4.78, 5) is 5.69. The molecule has 0 radical (unpaired) electrons. The Bertz CT molecular complexity index is 246. The van der Waals surface area contributed by atoms with Crippen molar-refractivity contribution in [3.63, 3.8) is 0 Å². The first-order valence-corrected chi connectivity index (χ1v) is 3.90. The Morgan fingerprint density at radius 3 is 2.09 bits per heavy atom. The number of nitrogens with zero attached hydrogens (tertiary/aromatic N) is 1. The second-order valence-electron chi connectivity index (χ2n) is 1.69. The second kappa shape index (κ2) is 2.98. The Morgan fingerprint density at radius 2 is 1.91 bits per heavy atom. The fraction of sp³-hybridized carbons (Fsp3) is 0.250. The van der Waals surface area contributed by atoms with E-state index in [2.05, 4.69) is 9.97 Å². The van der Waals surface area contributed by atoms with Gasteiger partial charge in [-0.05, 0) is 0 Å². The molecule has 0 fully saturated rings. The molecular formula is C4HCl4FN2. The van der Waals surface area contributed by atoms with Crippen molar-refractivity contribution < 1.29 is 4.39 Å². The van der Waals surface area contributed by atoms with E-state index in [4.69, 9.17) is 46.4 Å². The molecule has 0 unspecified atom stereocenters. The van der Waals surface area contributed by atoms with E-state index in [0.717, 1.165) is 0 Å². The van der Waals surface area contributed by atoms with Gasteiger partial charge in [-0.3, -0.25) is 0 Å². The molecule has 0 bridgehead atoms. The van der Waals surface area contributed by atoms with Gasteiger partial charge in [-0.15, -0.1) is 0 Å². The van der Waals surface area contributed by atoms with E-state index in [9.17, 15) is 4.39 Å². The number of imidazole rings is 1. The predicted octanol–water partition coefficient (Wildman–Crippen LogP) is 3.27. The van der Waals surface area contributed by atoms with Gasteiger partial charge in [-0.25, -0.2) is 4.98 Å². The number of aromatic nitrogens is 2. The van der Waals surface area contributed by atoms with E-state index in [1.807, 2.05) is 0 Å². The molecule has 0 spiro atoms. The molecular weight excluding hydrogens is 237 g/mol. The van der Waals surface area contributed by atoms with Crippen molar-refractivity contribution in [2.45, 2.75) is 4.59 Å². The Morgan fingerprint density at radius 1 is 1.36 bits per heavy atom. The molecule has 0 aliphatic rings. The maximum atomic E-state index is 12.6. The Labute approximate surface area is 81.6 Å². The lowest BCUT2D eigenvalue weighted by Gasteiger charge is -2.02. The molecule has 0 aliphatic heterocycles. The monoisotopic (exact) mass is 236 g/mol. The highest BCUT2D eigenvalue weighted by Gasteiger charge is 2.30. The van der Waals surface area contributed by atoms with Gasteiger partial charge in [0.2, 0.25) is 0 Å². The zero-order chi connectivity index (χ0) is 8.65. The van der Waals surface area contributed by atoms with E-state index in [1.165, 1.54) is 0 Å². The van der Waals surface area contributed by atoms with Crippen LogP contribution in [0.2, 0.25) is 10.3 Å². The average Bonchev–Trinajstić information content (AvgIpc) is 2.11. The minimum Gasteiger partial charge on any atom is -0.327 e. The molecule has 0 aromatic carbocycles. The van der Waals surface area contributed by atoms with Crippen molar-refractivity contribution in [2.24, 2.45) is 0 Å². The van der Waals surface area contributed by atoms with Crippen LogP contribution in [-0.2, 0) is 4.59 Å². The van der Waals surface area contributed by atoms with Crippen LogP contribution in [0.4, 0.5) is 4.39 Å². The first-order valence-electron chi connectivity index (χ1n) is 2.39. The van der Waals surface area contributed by atoms with Gasteiger partial charge >= 0.3 is 4.59 Å². The molecule has 1 aromatic heterocycles. The third kappa shape index (κ3) is 2.12. The first kappa shape index (κ1) is 9.39. The summed E-state index contributed by atoms with van der Waals surface area (Å²) in [5.41, 5.74) is 0. The molecule has 2 nitrogen and oxygen atoms in total. The lowest BCUT2D eigenvalue weighted by molar-refractivity contribution is 0.389. The third-order valence-corrected chi connectivity index (χ3v) is 1.89. The SMILES string of the molecule is FC(Cl)(Cl)c1nc(Cl)c(Cl)[nH]1. The number of aromatic amines is 1. The molecule has 7 heteroatoms. The Kier molecular flexibility index (Phi) is 2.54. The van der Waals surface area contributed by atoms with Crippen LogP contribution < -0.4 is 0 Å². The molecule has 62 valence electrons. The highest BCUT2D eigenvalue weighted by atomic mass is 35.5. The quantitative estimate of drug-likeness (QED) is 0.747. The summed E-state index contributed by atoms with van der Waals surface area (Å²) in [6.07, 6.45) is 0. The molecule has 0 saturated carbocycles. The average molecular weight is 238 g/mol. The van der Waals surface area contributed by atoms with Gasteiger partial charge in [0.25, 0.3) is 0 Å². The van der Waals surface area contributed by atoms with Gasteiger partial charge in [0.05, 0.1) is 0 Å². The van der Waals surface area contributed by atoms with E-state index in [-0.39, 0.29) is 16.1 Å². The van der Waals surface area contributed by atoms with Crippen LogP contribution in [0.15, 0.2) is 0 Å². The van der Waals surface area contributed by atoms with E-state index in [1.54, 1.807) is 0 Å². The Hall–Kier alpha value is 0.300. The maximum Gasteiger partial charge on any atom is 0.315 e. The summed E-state index contributed by atoms with van der Waals surface area (Å²) in [5.74, 6) is -0.323. The van der Waals surface area contributed by atoms with Crippen LogP contribution in [0, 0.1) is 0 Å². The summed E-state index contributed by atoms with van der Waals surface area (Å²) in [5, 5.41) is -0.0602. The van der Waals surface area contributed by atoms with Crippen molar-refractivity contribution in [1.29, 1.82) is 0 Å². The minimum absolute atomic E-state index is 0.00462. The molecule has 1 N–H and O–H groups in total. The molecule has 1 rings (SSSR count). The first-order chi connectivity index (χ1) is 4.91. The van der Waals surface area contributed by atoms with Crippen molar-refractivity contribution in [3.05, 3.63) is 16.1 Å². The summed E-state index contributed by atoms with van der Waals surface area (Å²) in [6, 6.07) is 0. The zero-order valence-corrected chi connectivity index (χ0v) is 7.86. The van der Waals surface area contributed by atoms with E-state index >= 15 is 0 Å². The standard InChI is InChI=1S/C4HCl4FN2/c5-1-2(6)11-3(10-1)4(7,8)9/h(H,10,11). The predicted molar refractivity (Wildman–Crippen MR) is 43.1 cm³/mol. The lowest BCUT2D eigenvalue weighted by Crippen LogP contribution is -2.03. The van der Waals surface area contributed by atoms with Crippen LogP contribution >= 0.6 is 46.4 Å². The summed E-state index contributed by atoms with van der Waals surface area (Å²) < 4.78 is 10.0. The van der Waals surface area contributed by atoms with Gasteiger partial charge < -0.3 is 4.98 Å². The van der Waals surface area contributed by atoms with Crippen molar-refractivity contribution >= 4 is 46.4 Å². The van der Waals surface area contributed by atoms with Crippen LogP contribution in [0.1, 0.15) is 5.82 Å². The number of H-pyrrole nitrogens is 1. The van der Waals surface area contributed by atoms with E-state index < -0.39 is 4.59 Å². The number of hydrogen-bond acceptors (Lipinski definition) is 1. The number of hydrogen-bond donors (Lipinski definition) is 1. The number of alkyl halides is 3. The summed E-state index contributed by atoms with van der Waals surface area (Å²) >= 11 is 20.8. The van der Waals surface area contributed by atoms with E-state index in [0.29, 0.717) is 0 Å². The lowest BCUT2D eigenvalue weighted by atomic mass is 10.7. The summed E-state index contributed by atoms with van der Waals surface area (Å²) in [6.45, 7) is 0. The smallest absolute Gasteiger partial charge is 0.315 e. The molecule has 0 atom stereocenters. The molecule has 0 aliphatic carbocycles. The molecule has 1 aromatic rings. The van der Waals surface area contributed by atoms with Gasteiger partial charge in [0.15, 0.2) is 11.0 Å². The van der Waals surface area contributed by atoms with Crippen molar-refractivity contribution in [3.8, 4) is 0 Å². The number of nitrogens with one attached hydrogen (secondary N) is 1. The number of rotatable bonds is 1. The van der Waals surface area contributed by atoms with Crippen molar-refractivity contribution in [1.82, 2.24) is 9.97 Å². The van der Waals surface area contributed by atoms with Gasteiger partial charge in [0, 0.05) is 0 Å². The highest BCUT2D eigenvalue weighted by Crippen LogP contribution is 2.35. The molecule has 0 saturated heterocycles. The molecule has 1 heterocycles. The third-order valence-electron chi connectivity index (χ3n) is 0.888. The maximum absolute atomic E-state index is 12.6. The highest BCUT2D eigenvalue weighted by molar-refractivity contribution is 6.46. The van der Waals surface area contributed by atoms with Crippen LogP contribution in [0.25, 0.3) is 0 Å². The molecule has 0 amide bonds. The Balaban J connectivity index is 3.08. The van der Waals surface area contributed by atoms with Crippen LogP contribution in [0.3, 0.4) is 0 Å². The second-order valence-corrected chi connectivity index (χ2v) is 3.66. The van der Waals surface area contributed by atoms with Crippen molar-refractivity contribution in [2.75, 3.05) is 0 Å². The fourth-order valence-corrected chi connectivity index (χ4v) is 0.907. The fourth-order valence-electron chi connectivity index (χ4n) is 0.465. The zero-order valence-electron chi connectivity index (χ0n) is 4.84. The minimum atomic E-state index is -2.59. The normalized spacial score (nSPS) is 12.1.